The number of hydrogen-bond donors (Lipinski definition) is 3. The molecule has 0 unspecified atom stereocenters. The third-order valence-electron chi connectivity index (χ3n) is 3.88. The van der Waals surface area contributed by atoms with E-state index in [0.717, 1.165) is 11.3 Å². The number of benzene rings is 2. The number of nitrogens with zero attached hydrogens (tertiary/aromatic N) is 1. The zero-order valence-corrected chi connectivity index (χ0v) is 13.7. The zero-order chi connectivity index (χ0) is 18.9. The number of aromatic amines is 1. The van der Waals surface area contributed by atoms with Crippen molar-refractivity contribution in [3.63, 3.8) is 0 Å². The van der Waals surface area contributed by atoms with Gasteiger partial charge < -0.3 is 5.11 Å². The van der Waals surface area contributed by atoms with Crippen LogP contribution in [0.2, 0.25) is 0 Å². The second-order valence-corrected chi connectivity index (χ2v) is 5.89. The average Bonchev–Trinajstić information content (AvgIpc) is 3.00. The quantitative estimate of drug-likeness (QED) is 0.462. The molecule has 3 aromatic rings. The fourth-order valence-electron chi connectivity index (χ4n) is 2.61. The van der Waals surface area contributed by atoms with E-state index in [4.69, 9.17) is 0 Å². The van der Waals surface area contributed by atoms with Crippen LogP contribution in [0.1, 0.15) is 16.8 Å². The molecule has 0 aliphatic carbocycles. The first-order chi connectivity index (χ1) is 12.2. The van der Waals surface area contributed by atoms with Crippen molar-refractivity contribution in [1.29, 1.82) is 0 Å². The SMILES string of the molecule is Cc1cc(NC(F)(F)F)ccc1Cc1cc(-c2ccc(O)c(F)c2)n[nH]1. The predicted octanol–water partition coefficient (Wildman–Crippen LogP) is 4.75. The molecule has 3 N–H and O–H groups in total. The fraction of sp³-hybridized carbons (Fsp3) is 0.167. The first-order valence-corrected chi connectivity index (χ1v) is 7.69. The van der Waals surface area contributed by atoms with Gasteiger partial charge >= 0.3 is 6.30 Å². The smallest absolute Gasteiger partial charge is 0.482 e. The monoisotopic (exact) mass is 365 g/mol. The van der Waals surface area contributed by atoms with Crippen LogP contribution in [0.3, 0.4) is 0 Å². The summed E-state index contributed by atoms with van der Waals surface area (Å²) >= 11 is 0. The minimum absolute atomic E-state index is 0.0244. The van der Waals surface area contributed by atoms with Crippen molar-refractivity contribution in [2.75, 3.05) is 5.32 Å². The summed E-state index contributed by atoms with van der Waals surface area (Å²) in [5.74, 6) is -1.18. The number of halogens is 4. The highest BCUT2D eigenvalue weighted by Gasteiger charge is 2.27. The highest BCUT2D eigenvalue weighted by Crippen LogP contribution is 2.26. The Morgan fingerprint density at radius 1 is 1.12 bits per heavy atom. The van der Waals surface area contributed by atoms with Gasteiger partial charge in [-0.25, -0.2) is 4.39 Å². The van der Waals surface area contributed by atoms with Gasteiger partial charge in [0.25, 0.3) is 0 Å². The Hall–Kier alpha value is -3.03. The first-order valence-electron chi connectivity index (χ1n) is 7.69. The van der Waals surface area contributed by atoms with Gasteiger partial charge in [0, 0.05) is 23.4 Å². The Morgan fingerprint density at radius 2 is 1.88 bits per heavy atom. The van der Waals surface area contributed by atoms with Gasteiger partial charge in [0.05, 0.1) is 5.69 Å². The minimum atomic E-state index is -4.48. The molecule has 1 heterocycles. The molecule has 2 aromatic carbocycles. The molecule has 8 heteroatoms. The van der Waals surface area contributed by atoms with Crippen LogP contribution >= 0.6 is 0 Å². The number of anilines is 1. The van der Waals surface area contributed by atoms with Crippen LogP contribution in [0.25, 0.3) is 11.3 Å². The van der Waals surface area contributed by atoms with Gasteiger partial charge in [-0.2, -0.15) is 18.3 Å². The van der Waals surface area contributed by atoms with Crippen LogP contribution in [0.5, 0.6) is 5.75 Å². The van der Waals surface area contributed by atoms with Crippen molar-refractivity contribution in [3.8, 4) is 17.0 Å². The zero-order valence-electron chi connectivity index (χ0n) is 13.7. The number of alkyl halides is 3. The highest BCUT2D eigenvalue weighted by molar-refractivity contribution is 5.61. The van der Waals surface area contributed by atoms with E-state index < -0.39 is 17.9 Å². The van der Waals surface area contributed by atoms with Crippen LogP contribution in [0.15, 0.2) is 42.5 Å². The second kappa shape index (κ2) is 6.70. The van der Waals surface area contributed by atoms with E-state index in [1.807, 2.05) is 0 Å². The molecule has 0 saturated carbocycles. The van der Waals surface area contributed by atoms with E-state index >= 15 is 0 Å². The number of rotatable bonds is 4. The molecule has 0 radical (unpaired) electrons. The topological polar surface area (TPSA) is 60.9 Å². The Labute approximate surface area is 146 Å². The summed E-state index contributed by atoms with van der Waals surface area (Å²) in [5.41, 5.74) is 3.25. The van der Waals surface area contributed by atoms with Crippen LogP contribution in [0, 0.1) is 12.7 Å². The lowest BCUT2D eigenvalue weighted by molar-refractivity contribution is -0.0999. The molecule has 136 valence electrons. The molecule has 0 spiro atoms. The molecule has 4 nitrogen and oxygen atoms in total. The molecule has 0 atom stereocenters. The maximum Gasteiger partial charge on any atom is 0.482 e. The minimum Gasteiger partial charge on any atom is -0.505 e. The van der Waals surface area contributed by atoms with Crippen molar-refractivity contribution < 1.29 is 22.7 Å². The molecule has 0 fully saturated rings. The molecule has 0 aliphatic rings. The first kappa shape index (κ1) is 17.8. The van der Waals surface area contributed by atoms with E-state index in [1.54, 1.807) is 25.1 Å². The molecule has 1 aromatic heterocycles. The third-order valence-corrected chi connectivity index (χ3v) is 3.88. The fourth-order valence-corrected chi connectivity index (χ4v) is 2.61. The van der Waals surface area contributed by atoms with E-state index in [2.05, 4.69) is 10.2 Å². The second-order valence-electron chi connectivity index (χ2n) is 5.89. The van der Waals surface area contributed by atoms with Gasteiger partial charge in [0.1, 0.15) is 0 Å². The Kier molecular flexibility index (Phi) is 4.58. The summed E-state index contributed by atoms with van der Waals surface area (Å²) in [7, 11) is 0. The number of aromatic hydroxyl groups is 1. The van der Waals surface area contributed by atoms with Gasteiger partial charge in [-0.1, -0.05) is 6.07 Å². The van der Waals surface area contributed by atoms with E-state index in [1.165, 1.54) is 29.6 Å². The lowest BCUT2D eigenvalue weighted by Gasteiger charge is -2.12. The Bertz CT molecular complexity index is 934. The molecule has 3 rings (SSSR count). The number of nitrogens with one attached hydrogen (secondary N) is 2. The maximum atomic E-state index is 13.5. The molecular formula is C18H15F4N3O. The number of H-pyrrole nitrogens is 1. The maximum absolute atomic E-state index is 13.5. The Morgan fingerprint density at radius 3 is 2.54 bits per heavy atom. The summed E-state index contributed by atoms with van der Waals surface area (Å²) in [4.78, 5) is 0. The van der Waals surface area contributed by atoms with Crippen molar-refractivity contribution in [2.24, 2.45) is 0 Å². The molecule has 0 aliphatic heterocycles. The van der Waals surface area contributed by atoms with Crippen molar-refractivity contribution in [3.05, 3.63) is 65.1 Å². The lowest BCUT2D eigenvalue weighted by Crippen LogP contribution is -2.20. The molecular weight excluding hydrogens is 350 g/mol. The van der Waals surface area contributed by atoms with E-state index in [-0.39, 0.29) is 5.69 Å². The summed E-state index contributed by atoms with van der Waals surface area (Å²) in [5, 5.41) is 17.7. The van der Waals surface area contributed by atoms with Gasteiger partial charge in [-0.05, 0) is 54.4 Å². The predicted molar refractivity (Wildman–Crippen MR) is 89.3 cm³/mol. The van der Waals surface area contributed by atoms with Gasteiger partial charge in [0.15, 0.2) is 11.6 Å². The number of hydrogen-bond acceptors (Lipinski definition) is 3. The summed E-state index contributed by atoms with van der Waals surface area (Å²) < 4.78 is 50.6. The number of phenolic OH excluding ortho intramolecular Hbond substituents is 1. The molecule has 26 heavy (non-hydrogen) atoms. The Balaban J connectivity index is 1.77. The number of phenols is 1. The largest absolute Gasteiger partial charge is 0.505 e. The highest BCUT2D eigenvalue weighted by atomic mass is 19.4. The van der Waals surface area contributed by atoms with Gasteiger partial charge in [-0.3, -0.25) is 10.4 Å². The van der Waals surface area contributed by atoms with Crippen molar-refractivity contribution in [1.82, 2.24) is 10.2 Å². The lowest BCUT2D eigenvalue weighted by atomic mass is 10.0. The van der Waals surface area contributed by atoms with E-state index in [9.17, 15) is 22.7 Å². The molecule has 0 amide bonds. The number of aryl methyl sites for hydroxylation is 1. The number of aromatic nitrogens is 2. The van der Waals surface area contributed by atoms with Crippen LogP contribution in [0.4, 0.5) is 23.2 Å². The molecule has 0 saturated heterocycles. The van der Waals surface area contributed by atoms with Crippen LogP contribution in [-0.2, 0) is 6.42 Å². The summed E-state index contributed by atoms with van der Waals surface area (Å²) in [6.07, 6.45) is -4.04. The van der Waals surface area contributed by atoms with Crippen molar-refractivity contribution in [2.45, 2.75) is 19.6 Å². The standard InChI is InChI=1S/C18H15F4N3O/c1-10-6-13(23-18(20,21)22)4-2-11(10)7-14-9-16(25-24-14)12-3-5-17(26)15(19)8-12/h2-6,8-9,23,26H,7H2,1H3,(H,24,25). The van der Waals surface area contributed by atoms with E-state index in [0.29, 0.717) is 23.2 Å². The third kappa shape index (κ3) is 4.14. The van der Waals surface area contributed by atoms with Crippen LogP contribution in [-0.4, -0.2) is 21.6 Å². The normalized spacial score (nSPS) is 11.6. The van der Waals surface area contributed by atoms with Gasteiger partial charge in [0.2, 0.25) is 0 Å². The average molecular weight is 365 g/mol. The van der Waals surface area contributed by atoms with Crippen LogP contribution < -0.4 is 5.32 Å². The van der Waals surface area contributed by atoms with Gasteiger partial charge in [-0.15, -0.1) is 0 Å². The van der Waals surface area contributed by atoms with Crippen molar-refractivity contribution >= 4 is 5.69 Å². The summed E-state index contributed by atoms with van der Waals surface area (Å²) in [6.45, 7) is 1.73. The summed E-state index contributed by atoms with van der Waals surface area (Å²) in [6, 6.07) is 10.1. The molecule has 0 bridgehead atoms.